The van der Waals surface area contributed by atoms with Gasteiger partial charge in [0.05, 0.1) is 12.0 Å². The number of amides is 1. The number of carbonyl (C=O) groups excluding carboxylic acids is 1. The maximum Gasteiger partial charge on any atom is 0.326 e. The summed E-state index contributed by atoms with van der Waals surface area (Å²) in [4.78, 5) is 37.6. The van der Waals surface area contributed by atoms with Crippen LogP contribution in [-0.2, 0) is 19.1 Å². The van der Waals surface area contributed by atoms with E-state index < -0.39 is 29.9 Å². The van der Waals surface area contributed by atoms with Crippen LogP contribution in [0.4, 0.5) is 0 Å². The molecule has 8 heteroatoms. The van der Waals surface area contributed by atoms with Crippen molar-refractivity contribution in [3.8, 4) is 0 Å². The minimum atomic E-state index is -1.01. The number of aliphatic carboxylic acids is 2. The van der Waals surface area contributed by atoms with Gasteiger partial charge < -0.3 is 25.2 Å². The molecule has 1 aliphatic heterocycles. The third kappa shape index (κ3) is 6.83. The molecular weight excluding hydrogens is 376 g/mol. The molecule has 1 saturated heterocycles. The van der Waals surface area contributed by atoms with Crippen molar-refractivity contribution in [2.45, 2.75) is 50.6 Å². The molecule has 1 amide bonds. The topological polar surface area (TPSA) is 116 Å². The van der Waals surface area contributed by atoms with Crippen molar-refractivity contribution >= 4 is 17.8 Å². The Balaban J connectivity index is 1.96. The number of carbonyl (C=O) groups is 3. The number of hydrogen-bond acceptors (Lipinski definition) is 5. The number of carboxylic acids is 2. The highest BCUT2D eigenvalue weighted by Crippen LogP contribution is 2.19. The summed E-state index contributed by atoms with van der Waals surface area (Å²) in [5.74, 6) is -2.88. The van der Waals surface area contributed by atoms with E-state index >= 15 is 0 Å². The van der Waals surface area contributed by atoms with Crippen molar-refractivity contribution in [2.24, 2.45) is 0 Å². The van der Waals surface area contributed by atoms with Gasteiger partial charge in [0.15, 0.2) is 0 Å². The zero-order valence-corrected chi connectivity index (χ0v) is 16.8. The molecule has 0 radical (unpaired) electrons. The Morgan fingerprint density at radius 2 is 1.86 bits per heavy atom. The molecule has 3 atom stereocenters. The van der Waals surface area contributed by atoms with E-state index in [9.17, 15) is 24.6 Å². The molecule has 1 aromatic rings. The molecule has 1 heterocycles. The largest absolute Gasteiger partial charge is 0.481 e. The van der Waals surface area contributed by atoms with Gasteiger partial charge in [-0.25, -0.2) is 4.79 Å². The molecule has 1 fully saturated rings. The number of ether oxygens (including phenoxy) is 1. The first kappa shape index (κ1) is 22.8. The van der Waals surface area contributed by atoms with Gasteiger partial charge in [0.2, 0.25) is 5.91 Å². The Hall–Kier alpha value is -2.45. The molecule has 0 bridgehead atoms. The zero-order valence-electron chi connectivity index (χ0n) is 16.8. The van der Waals surface area contributed by atoms with Crippen LogP contribution in [0.2, 0.25) is 0 Å². The van der Waals surface area contributed by atoms with E-state index in [1.165, 1.54) is 4.90 Å². The fourth-order valence-electron chi connectivity index (χ4n) is 3.55. The smallest absolute Gasteiger partial charge is 0.326 e. The number of nitrogens with one attached hydrogen (secondary N) is 1. The van der Waals surface area contributed by atoms with E-state index in [-0.39, 0.29) is 5.91 Å². The number of nitrogens with zero attached hydrogens (tertiary/aromatic N) is 1. The van der Waals surface area contributed by atoms with Crippen LogP contribution in [0, 0.1) is 0 Å². The Morgan fingerprint density at radius 1 is 1.17 bits per heavy atom. The Labute approximate surface area is 170 Å². The van der Waals surface area contributed by atoms with E-state index in [2.05, 4.69) is 5.32 Å². The van der Waals surface area contributed by atoms with Gasteiger partial charge in [-0.3, -0.25) is 9.59 Å². The number of benzene rings is 1. The molecule has 2 unspecified atom stereocenters. The van der Waals surface area contributed by atoms with Gasteiger partial charge in [-0.15, -0.1) is 0 Å². The second kappa shape index (κ2) is 11.5. The minimum absolute atomic E-state index is 0.286. The first-order chi connectivity index (χ1) is 13.9. The number of rotatable bonds is 8. The molecule has 1 aromatic carbocycles. The summed E-state index contributed by atoms with van der Waals surface area (Å²) in [6.45, 7) is 3.32. The van der Waals surface area contributed by atoms with E-state index in [1.54, 1.807) is 31.2 Å². The van der Waals surface area contributed by atoms with Gasteiger partial charge in [-0.2, -0.15) is 0 Å². The normalized spacial score (nSPS) is 20.0. The van der Waals surface area contributed by atoms with Crippen molar-refractivity contribution < 1.29 is 29.3 Å². The quantitative estimate of drug-likeness (QED) is 0.602. The third-order valence-electron chi connectivity index (χ3n) is 5.15. The average Bonchev–Trinajstić information content (AvgIpc) is 2.82. The highest BCUT2D eigenvalue weighted by Gasteiger charge is 2.32. The fourth-order valence-corrected chi connectivity index (χ4v) is 3.55. The first-order valence-electron chi connectivity index (χ1n) is 10.0. The Bertz CT molecular complexity index is 681. The van der Waals surface area contributed by atoms with Crippen LogP contribution in [0.15, 0.2) is 30.3 Å². The van der Waals surface area contributed by atoms with Crippen molar-refractivity contribution in [1.82, 2.24) is 10.2 Å². The van der Waals surface area contributed by atoms with Crippen LogP contribution in [0.3, 0.4) is 0 Å². The van der Waals surface area contributed by atoms with Gasteiger partial charge in [-0.1, -0.05) is 30.3 Å². The summed E-state index contributed by atoms with van der Waals surface area (Å²) in [6, 6.07) is 7.49. The van der Waals surface area contributed by atoms with Crippen molar-refractivity contribution in [1.29, 1.82) is 0 Å². The second-order valence-corrected chi connectivity index (χ2v) is 7.26. The zero-order chi connectivity index (χ0) is 21.2. The molecule has 29 heavy (non-hydrogen) atoms. The molecule has 0 aliphatic carbocycles. The highest BCUT2D eigenvalue weighted by molar-refractivity contribution is 5.86. The molecule has 0 aromatic heterocycles. The molecule has 3 N–H and O–H groups in total. The summed E-state index contributed by atoms with van der Waals surface area (Å²) in [5, 5.41) is 22.1. The summed E-state index contributed by atoms with van der Waals surface area (Å²) < 4.78 is 5.42. The maximum atomic E-state index is 12.9. The van der Waals surface area contributed by atoms with E-state index in [4.69, 9.17) is 4.74 Å². The lowest BCUT2D eigenvalue weighted by atomic mass is 9.96. The molecule has 0 saturated carbocycles. The summed E-state index contributed by atoms with van der Waals surface area (Å²) in [6.07, 6.45) is 1.84. The Morgan fingerprint density at radius 3 is 2.52 bits per heavy atom. The molecule has 2 rings (SSSR count). The van der Waals surface area contributed by atoms with Gasteiger partial charge >= 0.3 is 11.9 Å². The predicted molar refractivity (Wildman–Crippen MR) is 107 cm³/mol. The Kier molecular flexibility index (Phi) is 9.08. The molecular formula is C21H30N2O6. The highest BCUT2D eigenvalue weighted by atomic mass is 16.5. The van der Waals surface area contributed by atoms with Gasteiger partial charge in [0, 0.05) is 19.8 Å². The van der Waals surface area contributed by atoms with Crippen molar-refractivity contribution in [3.63, 3.8) is 0 Å². The fraction of sp³-hybridized carbons (Fsp3) is 0.571. The van der Waals surface area contributed by atoms with E-state index in [0.717, 1.165) is 0 Å². The van der Waals surface area contributed by atoms with Crippen LogP contribution in [0.5, 0.6) is 0 Å². The lowest BCUT2D eigenvalue weighted by Gasteiger charge is -2.31. The molecule has 1 aliphatic rings. The minimum Gasteiger partial charge on any atom is -0.481 e. The second-order valence-electron chi connectivity index (χ2n) is 7.26. The molecule has 8 nitrogen and oxygen atoms in total. The van der Waals surface area contributed by atoms with Gasteiger partial charge in [0.1, 0.15) is 6.04 Å². The van der Waals surface area contributed by atoms with Crippen molar-refractivity contribution in [3.05, 3.63) is 35.9 Å². The monoisotopic (exact) mass is 406 g/mol. The van der Waals surface area contributed by atoms with Crippen LogP contribution < -0.4 is 5.32 Å². The lowest BCUT2D eigenvalue weighted by molar-refractivity contribution is -0.151. The SMILES string of the molecule is C[C@H](NCCC(C(=O)O)c1ccccc1)C(=O)N1CCCOCCCC1C(=O)O. The predicted octanol–water partition coefficient (Wildman–Crippen LogP) is 1.71. The third-order valence-corrected chi connectivity index (χ3v) is 5.15. The first-order valence-corrected chi connectivity index (χ1v) is 10.0. The van der Waals surface area contributed by atoms with Gasteiger partial charge in [-0.05, 0) is 44.7 Å². The van der Waals surface area contributed by atoms with E-state index in [0.29, 0.717) is 57.6 Å². The average molecular weight is 406 g/mol. The van der Waals surface area contributed by atoms with E-state index in [1.807, 2.05) is 6.07 Å². The van der Waals surface area contributed by atoms with Crippen LogP contribution in [0.1, 0.15) is 44.1 Å². The van der Waals surface area contributed by atoms with Gasteiger partial charge in [0.25, 0.3) is 0 Å². The maximum absolute atomic E-state index is 12.9. The van der Waals surface area contributed by atoms with Crippen LogP contribution >= 0.6 is 0 Å². The molecule has 160 valence electrons. The number of carboxylic acid groups (broad SMARTS) is 2. The standard InChI is InChI=1S/C21H30N2O6/c1-15(22-11-10-17(20(25)26)16-7-3-2-4-8-16)19(24)23-12-6-14-29-13-5-9-18(23)21(27)28/h2-4,7-8,15,17-18,22H,5-6,9-14H2,1H3,(H,25,26)(H,27,28)/t15-,17?,18?/m0/s1. The van der Waals surface area contributed by atoms with Crippen LogP contribution in [-0.4, -0.2) is 71.3 Å². The summed E-state index contributed by atoms with van der Waals surface area (Å²) in [5.41, 5.74) is 0.715. The van der Waals surface area contributed by atoms with Crippen LogP contribution in [0.25, 0.3) is 0 Å². The molecule has 0 spiro atoms. The number of hydrogen-bond donors (Lipinski definition) is 3. The van der Waals surface area contributed by atoms with Crippen molar-refractivity contribution in [2.75, 3.05) is 26.3 Å². The summed E-state index contributed by atoms with van der Waals surface area (Å²) >= 11 is 0. The lowest BCUT2D eigenvalue weighted by Crippen LogP contribution is -2.52. The summed E-state index contributed by atoms with van der Waals surface area (Å²) in [7, 11) is 0.